The number of likely N-dealkylation sites (tertiary alicyclic amines) is 2. The van der Waals surface area contributed by atoms with Gasteiger partial charge in [0.2, 0.25) is 0 Å². The van der Waals surface area contributed by atoms with Crippen LogP contribution in [0.25, 0.3) is 0 Å². The number of ether oxygens (including phenoxy) is 4. The molecule has 0 bridgehead atoms. The molecule has 2 aliphatic rings. The Morgan fingerprint density at radius 2 is 0.958 bits per heavy atom. The quantitative estimate of drug-likeness (QED) is 0.424. The summed E-state index contributed by atoms with van der Waals surface area (Å²) in [7, 11) is 0. The van der Waals surface area contributed by atoms with Gasteiger partial charge in [-0.15, -0.1) is 0 Å². The first-order valence-corrected chi connectivity index (χ1v) is 9.58. The SMILES string of the molecule is CC(OCCOC(C)OC(C)N1CCCC1)OC(C)N1CCCC1. The molecule has 0 aromatic carbocycles. The number of hydrogen-bond acceptors (Lipinski definition) is 6. The molecule has 142 valence electrons. The first-order chi connectivity index (χ1) is 11.6. The third-order valence-corrected chi connectivity index (χ3v) is 4.88. The summed E-state index contributed by atoms with van der Waals surface area (Å²) in [5.41, 5.74) is 0. The van der Waals surface area contributed by atoms with E-state index in [1.165, 1.54) is 25.7 Å². The molecule has 0 saturated carbocycles. The number of nitrogens with zero attached hydrogens (tertiary/aromatic N) is 2. The molecular weight excluding hydrogens is 308 g/mol. The summed E-state index contributed by atoms with van der Waals surface area (Å²) in [4.78, 5) is 4.71. The van der Waals surface area contributed by atoms with Crippen molar-refractivity contribution in [3.63, 3.8) is 0 Å². The van der Waals surface area contributed by atoms with Crippen LogP contribution in [0.3, 0.4) is 0 Å². The second-order valence-electron chi connectivity index (χ2n) is 6.83. The third-order valence-electron chi connectivity index (χ3n) is 4.88. The van der Waals surface area contributed by atoms with Gasteiger partial charge in [-0.3, -0.25) is 9.80 Å². The Morgan fingerprint density at radius 3 is 1.29 bits per heavy atom. The lowest BCUT2D eigenvalue weighted by molar-refractivity contribution is -0.217. The van der Waals surface area contributed by atoms with E-state index in [0.717, 1.165) is 26.2 Å². The molecule has 6 nitrogen and oxygen atoms in total. The van der Waals surface area contributed by atoms with Crippen molar-refractivity contribution in [3.05, 3.63) is 0 Å². The fourth-order valence-electron chi connectivity index (χ4n) is 3.44. The van der Waals surface area contributed by atoms with Crippen molar-refractivity contribution in [2.75, 3.05) is 39.4 Å². The summed E-state index contributed by atoms with van der Waals surface area (Å²) in [6.07, 6.45) is 4.87. The fraction of sp³-hybridized carbons (Fsp3) is 1.00. The molecule has 2 aliphatic heterocycles. The second-order valence-corrected chi connectivity index (χ2v) is 6.83. The van der Waals surface area contributed by atoms with E-state index >= 15 is 0 Å². The smallest absolute Gasteiger partial charge is 0.156 e. The molecule has 0 radical (unpaired) electrons. The Labute approximate surface area is 147 Å². The van der Waals surface area contributed by atoms with Gasteiger partial charge in [0.15, 0.2) is 12.6 Å². The molecule has 0 amide bonds. The number of hydrogen-bond donors (Lipinski definition) is 0. The first kappa shape index (κ1) is 20.1. The molecule has 0 spiro atoms. The van der Waals surface area contributed by atoms with Crippen molar-refractivity contribution >= 4 is 0 Å². The van der Waals surface area contributed by atoms with Crippen LogP contribution in [0.15, 0.2) is 0 Å². The standard InChI is InChI=1S/C18H36N2O4/c1-15(19-9-5-6-10-19)23-17(3)21-13-14-22-18(4)24-16(2)20-11-7-8-12-20/h15-18H,5-14H2,1-4H3. The van der Waals surface area contributed by atoms with E-state index in [9.17, 15) is 0 Å². The lowest BCUT2D eigenvalue weighted by Crippen LogP contribution is -2.36. The average molecular weight is 344 g/mol. The highest BCUT2D eigenvalue weighted by molar-refractivity contribution is 4.68. The van der Waals surface area contributed by atoms with E-state index in [1.54, 1.807) is 0 Å². The highest BCUT2D eigenvalue weighted by Gasteiger charge is 2.21. The third kappa shape index (κ3) is 6.94. The monoisotopic (exact) mass is 344 g/mol. The van der Waals surface area contributed by atoms with Crippen LogP contribution in [0.1, 0.15) is 53.4 Å². The summed E-state index contributed by atoms with van der Waals surface area (Å²) in [5, 5.41) is 0. The average Bonchev–Trinajstić information content (AvgIpc) is 3.24. The van der Waals surface area contributed by atoms with Crippen molar-refractivity contribution in [2.45, 2.75) is 78.4 Å². The number of rotatable bonds is 11. The van der Waals surface area contributed by atoms with Crippen LogP contribution >= 0.6 is 0 Å². The highest BCUT2D eigenvalue weighted by atomic mass is 16.7. The second kappa shape index (κ2) is 10.7. The van der Waals surface area contributed by atoms with Crippen molar-refractivity contribution < 1.29 is 18.9 Å². The summed E-state index contributed by atoms with van der Waals surface area (Å²) in [5.74, 6) is 0. The van der Waals surface area contributed by atoms with E-state index in [-0.39, 0.29) is 25.0 Å². The van der Waals surface area contributed by atoms with Gasteiger partial charge in [-0.1, -0.05) is 0 Å². The van der Waals surface area contributed by atoms with Crippen molar-refractivity contribution in [3.8, 4) is 0 Å². The van der Waals surface area contributed by atoms with Gasteiger partial charge < -0.3 is 18.9 Å². The van der Waals surface area contributed by atoms with E-state index in [2.05, 4.69) is 23.6 Å². The van der Waals surface area contributed by atoms with Crippen LogP contribution < -0.4 is 0 Å². The Bertz CT molecular complexity index is 301. The molecule has 2 fully saturated rings. The molecule has 24 heavy (non-hydrogen) atoms. The van der Waals surface area contributed by atoms with Crippen LogP contribution in [0.5, 0.6) is 0 Å². The van der Waals surface area contributed by atoms with Crippen LogP contribution in [0.4, 0.5) is 0 Å². The summed E-state index contributed by atoms with van der Waals surface area (Å²) in [6, 6.07) is 0. The minimum atomic E-state index is -0.219. The van der Waals surface area contributed by atoms with Crippen LogP contribution in [-0.4, -0.2) is 74.2 Å². The molecule has 0 aliphatic carbocycles. The van der Waals surface area contributed by atoms with Gasteiger partial charge in [-0.05, 0) is 53.4 Å². The predicted molar refractivity (Wildman–Crippen MR) is 93.5 cm³/mol. The predicted octanol–water partition coefficient (Wildman–Crippen LogP) is 2.63. The largest absolute Gasteiger partial charge is 0.350 e. The minimum absolute atomic E-state index is 0.118. The molecular formula is C18H36N2O4. The molecule has 6 heteroatoms. The summed E-state index contributed by atoms with van der Waals surface area (Å²) < 4.78 is 23.1. The summed E-state index contributed by atoms with van der Waals surface area (Å²) in [6.45, 7) is 13.6. The maximum atomic E-state index is 5.88. The van der Waals surface area contributed by atoms with Crippen molar-refractivity contribution in [2.24, 2.45) is 0 Å². The van der Waals surface area contributed by atoms with Crippen LogP contribution in [-0.2, 0) is 18.9 Å². The molecule has 4 atom stereocenters. The zero-order valence-corrected chi connectivity index (χ0v) is 15.9. The lowest BCUT2D eigenvalue weighted by Gasteiger charge is -2.28. The zero-order chi connectivity index (χ0) is 17.4. The molecule has 0 aromatic heterocycles. The van der Waals surface area contributed by atoms with Crippen molar-refractivity contribution in [1.82, 2.24) is 9.80 Å². The zero-order valence-electron chi connectivity index (χ0n) is 15.9. The normalized spacial score (nSPS) is 25.0. The van der Waals surface area contributed by atoms with E-state index in [1.807, 2.05) is 13.8 Å². The van der Waals surface area contributed by atoms with E-state index in [0.29, 0.717) is 13.2 Å². The van der Waals surface area contributed by atoms with Gasteiger partial charge in [0, 0.05) is 26.2 Å². The highest BCUT2D eigenvalue weighted by Crippen LogP contribution is 2.15. The maximum absolute atomic E-state index is 5.88. The van der Waals surface area contributed by atoms with E-state index in [4.69, 9.17) is 18.9 Å². The molecule has 2 rings (SSSR count). The molecule has 4 unspecified atom stereocenters. The molecule has 0 aromatic rings. The van der Waals surface area contributed by atoms with Gasteiger partial charge in [0.05, 0.1) is 13.2 Å². The fourth-order valence-corrected chi connectivity index (χ4v) is 3.44. The van der Waals surface area contributed by atoms with Crippen molar-refractivity contribution in [1.29, 1.82) is 0 Å². The van der Waals surface area contributed by atoms with Gasteiger partial charge in [-0.2, -0.15) is 0 Å². The van der Waals surface area contributed by atoms with E-state index < -0.39 is 0 Å². The Morgan fingerprint density at radius 1 is 0.625 bits per heavy atom. The van der Waals surface area contributed by atoms with Gasteiger partial charge >= 0.3 is 0 Å². The maximum Gasteiger partial charge on any atom is 0.156 e. The van der Waals surface area contributed by atoms with Crippen LogP contribution in [0.2, 0.25) is 0 Å². The van der Waals surface area contributed by atoms with Crippen LogP contribution in [0, 0.1) is 0 Å². The Balaban J connectivity index is 1.50. The molecule has 0 N–H and O–H groups in total. The molecule has 2 saturated heterocycles. The molecule has 2 heterocycles. The lowest BCUT2D eigenvalue weighted by atomic mass is 10.4. The van der Waals surface area contributed by atoms with Gasteiger partial charge in [0.1, 0.15) is 12.5 Å². The van der Waals surface area contributed by atoms with Gasteiger partial charge in [-0.25, -0.2) is 0 Å². The minimum Gasteiger partial charge on any atom is -0.350 e. The van der Waals surface area contributed by atoms with Gasteiger partial charge in [0.25, 0.3) is 0 Å². The first-order valence-electron chi connectivity index (χ1n) is 9.58. The Kier molecular flexibility index (Phi) is 8.94. The summed E-state index contributed by atoms with van der Waals surface area (Å²) >= 11 is 0. The topological polar surface area (TPSA) is 43.4 Å². The Hall–Kier alpha value is -0.240.